The summed E-state index contributed by atoms with van der Waals surface area (Å²) in [5.74, 6) is 0.642. The Morgan fingerprint density at radius 3 is 2.72 bits per heavy atom. The van der Waals surface area contributed by atoms with Crippen molar-refractivity contribution >= 4 is 21.9 Å². The number of H-pyrrole nitrogens is 1. The molecule has 1 aliphatic heterocycles. The number of rotatable bonds is 6. The number of pyridine rings is 2. The quantitative estimate of drug-likeness (QED) is 0.452. The Morgan fingerprint density at radius 2 is 1.94 bits per heavy atom. The fourth-order valence-electron chi connectivity index (χ4n) is 4.44. The van der Waals surface area contributed by atoms with Crippen LogP contribution in [0.1, 0.15) is 25.7 Å². The summed E-state index contributed by atoms with van der Waals surface area (Å²) in [6.07, 6.45) is 8.25. The zero-order chi connectivity index (χ0) is 22.1. The molecule has 2 N–H and O–H groups in total. The molecule has 0 bridgehead atoms. The number of phenolic OH excluding ortho intramolecular Hbond substituents is 1. The van der Waals surface area contributed by atoms with Crippen molar-refractivity contribution < 1.29 is 9.84 Å². The van der Waals surface area contributed by atoms with E-state index in [2.05, 4.69) is 19.9 Å². The standard InChI is InChI=1S/C24H27N5O3/c1-28-19-15-25-18-8-7-17(23(30)21(18)22(19)27-24(28)31)16-6-9-20(26-14-16)32-13-5-12-29-10-3-2-4-11-29/h6-9,14-15,30H,2-5,10-13H2,1H3,(H,27,31). The number of ether oxygens (including phenoxy) is 1. The zero-order valence-corrected chi connectivity index (χ0v) is 18.2. The average molecular weight is 434 g/mol. The van der Waals surface area contributed by atoms with Crippen molar-refractivity contribution in [2.75, 3.05) is 26.2 Å². The molecule has 0 aliphatic carbocycles. The lowest BCUT2D eigenvalue weighted by atomic mass is 10.0. The number of fused-ring (bicyclic) bond motifs is 3. The van der Waals surface area contributed by atoms with Crippen LogP contribution in [0.25, 0.3) is 33.1 Å². The van der Waals surface area contributed by atoms with Crippen molar-refractivity contribution in [2.24, 2.45) is 7.05 Å². The molecule has 32 heavy (non-hydrogen) atoms. The van der Waals surface area contributed by atoms with Crippen LogP contribution in [-0.2, 0) is 7.05 Å². The van der Waals surface area contributed by atoms with Crippen LogP contribution in [0.3, 0.4) is 0 Å². The van der Waals surface area contributed by atoms with Crippen molar-refractivity contribution in [3.63, 3.8) is 0 Å². The second kappa shape index (κ2) is 8.63. The van der Waals surface area contributed by atoms with Gasteiger partial charge in [0, 0.05) is 37.0 Å². The number of aromatic hydroxyl groups is 1. The van der Waals surface area contributed by atoms with Crippen molar-refractivity contribution in [2.45, 2.75) is 25.7 Å². The molecule has 1 aromatic carbocycles. The molecule has 1 saturated heterocycles. The van der Waals surface area contributed by atoms with Crippen LogP contribution in [0.2, 0.25) is 0 Å². The molecular formula is C24H27N5O3. The Morgan fingerprint density at radius 1 is 1.09 bits per heavy atom. The van der Waals surface area contributed by atoms with E-state index in [1.807, 2.05) is 24.3 Å². The summed E-state index contributed by atoms with van der Waals surface area (Å²) in [6.45, 7) is 4.09. The lowest BCUT2D eigenvalue weighted by molar-refractivity contribution is 0.203. The first-order valence-corrected chi connectivity index (χ1v) is 11.1. The van der Waals surface area contributed by atoms with Gasteiger partial charge in [-0.1, -0.05) is 6.42 Å². The number of hydrogen-bond donors (Lipinski definition) is 2. The van der Waals surface area contributed by atoms with E-state index in [-0.39, 0.29) is 11.4 Å². The van der Waals surface area contributed by atoms with Crippen molar-refractivity contribution in [1.29, 1.82) is 0 Å². The van der Waals surface area contributed by atoms with E-state index in [0.29, 0.717) is 40.0 Å². The number of nitrogens with one attached hydrogen (secondary N) is 1. The largest absolute Gasteiger partial charge is 0.507 e. The topological polar surface area (TPSA) is 96.3 Å². The molecular weight excluding hydrogens is 406 g/mol. The van der Waals surface area contributed by atoms with Crippen LogP contribution in [0.4, 0.5) is 0 Å². The molecule has 0 unspecified atom stereocenters. The molecule has 0 radical (unpaired) electrons. The number of aromatic nitrogens is 4. The third-order valence-electron chi connectivity index (χ3n) is 6.25. The maximum absolute atomic E-state index is 12.1. The van der Waals surface area contributed by atoms with Gasteiger partial charge in [0.25, 0.3) is 0 Å². The highest BCUT2D eigenvalue weighted by atomic mass is 16.5. The third kappa shape index (κ3) is 3.82. The van der Waals surface area contributed by atoms with Gasteiger partial charge in [-0.15, -0.1) is 0 Å². The highest BCUT2D eigenvalue weighted by molar-refractivity contribution is 6.08. The van der Waals surface area contributed by atoms with Crippen LogP contribution in [0.5, 0.6) is 11.6 Å². The predicted molar refractivity (Wildman–Crippen MR) is 124 cm³/mol. The maximum atomic E-state index is 12.1. The minimum Gasteiger partial charge on any atom is -0.507 e. The number of phenols is 1. The molecule has 4 aromatic rings. The molecule has 0 atom stereocenters. The molecule has 1 aliphatic rings. The molecule has 166 valence electrons. The lowest BCUT2D eigenvalue weighted by Crippen LogP contribution is -2.31. The van der Waals surface area contributed by atoms with E-state index >= 15 is 0 Å². The smallest absolute Gasteiger partial charge is 0.326 e. The van der Waals surface area contributed by atoms with Crippen LogP contribution in [0.15, 0.2) is 41.5 Å². The summed E-state index contributed by atoms with van der Waals surface area (Å²) in [7, 11) is 1.67. The number of piperidine rings is 1. The van der Waals surface area contributed by atoms with E-state index in [1.165, 1.54) is 36.9 Å². The van der Waals surface area contributed by atoms with Crippen LogP contribution >= 0.6 is 0 Å². The molecule has 0 saturated carbocycles. The first kappa shape index (κ1) is 20.5. The Kier molecular flexibility index (Phi) is 5.53. The number of nitrogens with zero attached hydrogens (tertiary/aromatic N) is 4. The predicted octanol–water partition coefficient (Wildman–Crippen LogP) is 3.44. The Labute approximate surface area is 185 Å². The second-order valence-corrected chi connectivity index (χ2v) is 8.35. The summed E-state index contributed by atoms with van der Waals surface area (Å²) in [5.41, 5.74) is 2.97. The number of hydrogen-bond acceptors (Lipinski definition) is 6. The fraction of sp³-hybridized carbons (Fsp3) is 0.375. The van der Waals surface area contributed by atoms with Gasteiger partial charge in [0.1, 0.15) is 5.75 Å². The van der Waals surface area contributed by atoms with Crippen LogP contribution in [-0.4, -0.2) is 55.8 Å². The first-order chi connectivity index (χ1) is 15.6. The summed E-state index contributed by atoms with van der Waals surface area (Å²) in [6, 6.07) is 7.35. The van der Waals surface area contributed by atoms with E-state index < -0.39 is 0 Å². The summed E-state index contributed by atoms with van der Waals surface area (Å²) in [5, 5.41) is 11.6. The van der Waals surface area contributed by atoms with Crippen LogP contribution < -0.4 is 10.4 Å². The van der Waals surface area contributed by atoms with Gasteiger partial charge in [-0.3, -0.25) is 9.55 Å². The minimum atomic E-state index is -0.248. The van der Waals surface area contributed by atoms with Gasteiger partial charge < -0.3 is 19.7 Å². The lowest BCUT2D eigenvalue weighted by Gasteiger charge is -2.26. The number of likely N-dealkylation sites (tertiary alicyclic amines) is 1. The summed E-state index contributed by atoms with van der Waals surface area (Å²) >= 11 is 0. The van der Waals surface area contributed by atoms with Gasteiger partial charge in [-0.05, 0) is 50.6 Å². The SMILES string of the molecule is Cn1c(=O)[nH]c2c3c(O)c(-c4ccc(OCCCN5CCCCC5)nc4)ccc3ncc21. The zero-order valence-electron chi connectivity index (χ0n) is 18.2. The van der Waals surface area contributed by atoms with Crippen LogP contribution in [0, 0.1) is 0 Å². The molecule has 0 amide bonds. The summed E-state index contributed by atoms with van der Waals surface area (Å²) < 4.78 is 7.29. The van der Waals surface area contributed by atoms with Gasteiger partial charge in [-0.2, -0.15) is 0 Å². The second-order valence-electron chi connectivity index (χ2n) is 8.35. The number of aryl methyl sites for hydroxylation is 1. The Bertz CT molecular complexity index is 1300. The van der Waals surface area contributed by atoms with Gasteiger partial charge in [-0.25, -0.2) is 9.78 Å². The first-order valence-electron chi connectivity index (χ1n) is 11.1. The van der Waals surface area contributed by atoms with Gasteiger partial charge >= 0.3 is 5.69 Å². The normalized spacial score (nSPS) is 14.9. The van der Waals surface area contributed by atoms with Crippen molar-refractivity contribution in [3.8, 4) is 22.8 Å². The molecule has 3 aromatic heterocycles. The molecule has 4 heterocycles. The molecule has 8 heteroatoms. The Hall–Kier alpha value is -3.39. The minimum absolute atomic E-state index is 0.0689. The molecule has 0 spiro atoms. The van der Waals surface area contributed by atoms with Gasteiger partial charge in [0.2, 0.25) is 5.88 Å². The van der Waals surface area contributed by atoms with E-state index in [1.54, 1.807) is 19.4 Å². The van der Waals surface area contributed by atoms with Crippen molar-refractivity contribution in [3.05, 3.63) is 47.1 Å². The molecule has 5 rings (SSSR count). The highest BCUT2D eigenvalue weighted by Crippen LogP contribution is 2.38. The fourth-order valence-corrected chi connectivity index (χ4v) is 4.44. The van der Waals surface area contributed by atoms with E-state index in [9.17, 15) is 9.90 Å². The Balaban J connectivity index is 1.33. The average Bonchev–Trinajstić information content (AvgIpc) is 3.11. The van der Waals surface area contributed by atoms with Gasteiger partial charge in [0.15, 0.2) is 0 Å². The maximum Gasteiger partial charge on any atom is 0.326 e. The number of aromatic amines is 1. The summed E-state index contributed by atoms with van der Waals surface area (Å²) in [4.78, 5) is 26.2. The van der Waals surface area contributed by atoms with E-state index in [0.717, 1.165) is 18.5 Å². The number of imidazole rings is 1. The monoisotopic (exact) mass is 433 g/mol. The molecule has 8 nitrogen and oxygen atoms in total. The third-order valence-corrected chi connectivity index (χ3v) is 6.25. The highest BCUT2D eigenvalue weighted by Gasteiger charge is 2.16. The number of benzene rings is 1. The van der Waals surface area contributed by atoms with Gasteiger partial charge in [0.05, 0.1) is 34.7 Å². The molecule has 1 fully saturated rings. The van der Waals surface area contributed by atoms with Crippen molar-refractivity contribution in [1.82, 2.24) is 24.4 Å². The van der Waals surface area contributed by atoms with E-state index in [4.69, 9.17) is 4.74 Å².